The Morgan fingerprint density at radius 2 is 1.73 bits per heavy atom. The van der Waals surface area contributed by atoms with Crippen LogP contribution in [0.3, 0.4) is 0 Å². The van der Waals surface area contributed by atoms with Crippen LogP contribution in [0.4, 0.5) is 0 Å². The fraction of sp³-hybridized carbons (Fsp3) is 0.500. The van der Waals surface area contributed by atoms with Gasteiger partial charge in [0.05, 0.1) is 19.2 Å². The number of rotatable bonds is 4. The van der Waals surface area contributed by atoms with Crippen molar-refractivity contribution in [3.63, 3.8) is 0 Å². The average molecular weight is 226 g/mol. The molecule has 0 unspecified atom stereocenters. The van der Waals surface area contributed by atoms with Gasteiger partial charge in [-0.05, 0) is 0 Å². The number of ether oxygens (including phenoxy) is 1. The first-order valence-corrected chi connectivity index (χ1v) is 2.51. The molecule has 0 fully saturated rings. The smallest absolute Gasteiger partial charge is 0.740 e. The van der Waals surface area contributed by atoms with Crippen LogP contribution in [0.1, 0.15) is 0 Å². The van der Waals surface area contributed by atoms with Crippen molar-refractivity contribution in [3.05, 3.63) is 0 Å². The zero-order valence-electron chi connectivity index (χ0n) is 6.46. The molecule has 4 nitrogen and oxygen atoms in total. The Hall–Kier alpha value is 2.59. The van der Waals surface area contributed by atoms with Gasteiger partial charge in [-0.1, -0.05) is 0 Å². The number of carboxylic acid groups (broad SMARTS) is 1. The van der Waals surface area contributed by atoms with E-state index in [1.807, 2.05) is 0 Å². The molecule has 0 heterocycles. The number of carbonyl (C=O) groups excluding carboxylic acids is 2. The van der Waals surface area contributed by atoms with Crippen LogP contribution in [0.5, 0.6) is 0 Å². The number of hydrogen-bond acceptors (Lipinski definition) is 5. The average Bonchev–Trinajstić information content (AvgIpc) is 1.63. The summed E-state index contributed by atoms with van der Waals surface area (Å²) in [5, 5.41) is 8.98. The number of hydrogen-bond donors (Lipinski definition) is 0. The summed E-state index contributed by atoms with van der Waals surface area (Å²) in [6.07, 6.45) is 0. The van der Waals surface area contributed by atoms with Gasteiger partial charge in [-0.15, -0.1) is 0 Å². The van der Waals surface area contributed by atoms with Gasteiger partial charge in [0, 0.05) is 5.12 Å². The van der Waals surface area contributed by atoms with E-state index in [0.29, 0.717) is 0 Å². The van der Waals surface area contributed by atoms with Crippen molar-refractivity contribution in [1.82, 2.24) is 0 Å². The van der Waals surface area contributed by atoms with Gasteiger partial charge in [-0.25, -0.2) is 0 Å². The minimum atomic E-state index is -1.36. The van der Waals surface area contributed by atoms with Gasteiger partial charge in [-0.2, -0.15) is 0 Å². The third-order valence-electron chi connectivity index (χ3n) is 0.440. The molecule has 0 aliphatic rings. The third-order valence-corrected chi connectivity index (χ3v) is 0.558. The maximum absolute atomic E-state index is 9.90. The Labute approximate surface area is 155 Å². The molecule has 0 spiro atoms. The SMILES string of the molecule is O=C([O-])COCC(=O)[S-].[K+].[K+]. The van der Waals surface area contributed by atoms with Crippen molar-refractivity contribution in [3.8, 4) is 0 Å². The molecule has 0 aromatic heterocycles. The molecule has 0 aromatic rings. The van der Waals surface area contributed by atoms with E-state index < -0.39 is 17.7 Å². The van der Waals surface area contributed by atoms with E-state index >= 15 is 0 Å². The maximum Gasteiger partial charge on any atom is 1.00 e. The standard InChI is InChI=1S/C4H6O4S.2K/c5-3(6)1-8-2-4(7)9;;/h1-2H2,(H,5,6)(H,7,9);;/q;2*+1/p-2. The normalized spacial score (nSPS) is 7.27. The van der Waals surface area contributed by atoms with Gasteiger partial charge < -0.3 is 32.1 Å². The molecule has 0 N–H and O–H groups in total. The van der Waals surface area contributed by atoms with Crippen LogP contribution in [0.2, 0.25) is 0 Å². The molecule has 0 aliphatic heterocycles. The molecule has 0 amide bonds. The molecular weight excluding hydrogens is 222 g/mol. The molecule has 0 radical (unpaired) electrons. The second-order valence-electron chi connectivity index (χ2n) is 1.24. The van der Waals surface area contributed by atoms with Gasteiger partial charge in [0.2, 0.25) is 0 Å². The minimum Gasteiger partial charge on any atom is -0.740 e. The molecule has 0 aromatic carbocycles. The first-order chi connectivity index (χ1) is 4.13. The summed E-state index contributed by atoms with van der Waals surface area (Å²) in [5.74, 6) is -1.36. The molecule has 11 heavy (non-hydrogen) atoms. The van der Waals surface area contributed by atoms with Crippen LogP contribution < -0.4 is 108 Å². The minimum absolute atomic E-state index is 0. The quantitative estimate of drug-likeness (QED) is 0.352. The monoisotopic (exact) mass is 226 g/mol. The zero-order chi connectivity index (χ0) is 7.28. The Balaban J connectivity index is -0.000000320. The Bertz CT molecular complexity index is 115. The summed E-state index contributed by atoms with van der Waals surface area (Å²) in [6.45, 7) is -0.925. The number of carboxylic acids is 1. The van der Waals surface area contributed by atoms with Crippen molar-refractivity contribution in [2.75, 3.05) is 13.2 Å². The van der Waals surface area contributed by atoms with E-state index in [9.17, 15) is 14.7 Å². The molecule has 0 aliphatic carbocycles. The second-order valence-corrected chi connectivity index (χ2v) is 1.69. The van der Waals surface area contributed by atoms with Crippen molar-refractivity contribution in [2.45, 2.75) is 0 Å². The van der Waals surface area contributed by atoms with Gasteiger partial charge in [0.15, 0.2) is 0 Å². The molecule has 52 valence electrons. The van der Waals surface area contributed by atoms with Crippen molar-refractivity contribution in [2.24, 2.45) is 0 Å². The summed E-state index contributed by atoms with van der Waals surface area (Å²) in [6, 6.07) is 0. The second kappa shape index (κ2) is 12.6. The first kappa shape index (κ1) is 19.2. The summed E-state index contributed by atoms with van der Waals surface area (Å²) >= 11 is 4.05. The molecule has 0 rings (SSSR count). The van der Waals surface area contributed by atoms with E-state index in [0.717, 1.165) is 0 Å². The van der Waals surface area contributed by atoms with Crippen LogP contribution in [0, 0.1) is 0 Å². The fourth-order valence-corrected chi connectivity index (χ4v) is 0.301. The number of aliphatic carboxylic acids is 1. The van der Waals surface area contributed by atoms with Crippen LogP contribution in [-0.2, 0) is 27.0 Å². The Morgan fingerprint density at radius 1 is 1.27 bits per heavy atom. The predicted molar refractivity (Wildman–Crippen MR) is 28.2 cm³/mol. The zero-order valence-corrected chi connectivity index (χ0v) is 13.5. The molecular formula is C4H4K2O4S. The third kappa shape index (κ3) is 19.1. The maximum atomic E-state index is 9.90. The summed E-state index contributed by atoms with van der Waals surface area (Å²) in [7, 11) is 0. The van der Waals surface area contributed by atoms with E-state index in [1.165, 1.54) is 0 Å². The summed E-state index contributed by atoms with van der Waals surface area (Å²) in [5.41, 5.74) is 0. The van der Waals surface area contributed by atoms with E-state index in [2.05, 4.69) is 17.4 Å². The van der Waals surface area contributed by atoms with E-state index in [1.54, 1.807) is 0 Å². The summed E-state index contributed by atoms with van der Waals surface area (Å²) in [4.78, 5) is 19.5. The van der Waals surface area contributed by atoms with Crippen LogP contribution in [-0.4, -0.2) is 24.3 Å². The molecule has 0 bridgehead atoms. The van der Waals surface area contributed by atoms with Gasteiger partial charge >= 0.3 is 103 Å². The van der Waals surface area contributed by atoms with Crippen LogP contribution >= 0.6 is 0 Å². The van der Waals surface area contributed by atoms with Crippen molar-refractivity contribution < 1.29 is 122 Å². The predicted octanol–water partition coefficient (Wildman–Crippen LogP) is -8.17. The topological polar surface area (TPSA) is 66.4 Å². The van der Waals surface area contributed by atoms with Gasteiger partial charge in [-0.3, -0.25) is 0 Å². The molecule has 0 saturated carbocycles. The Kier molecular flexibility index (Phi) is 22.0. The Morgan fingerprint density at radius 3 is 2.00 bits per heavy atom. The molecule has 7 heteroatoms. The summed E-state index contributed by atoms with van der Waals surface area (Å²) < 4.78 is 4.24. The molecule has 0 saturated heterocycles. The van der Waals surface area contributed by atoms with Gasteiger partial charge in [0.1, 0.15) is 0 Å². The van der Waals surface area contributed by atoms with Crippen LogP contribution in [0.25, 0.3) is 0 Å². The van der Waals surface area contributed by atoms with Crippen LogP contribution in [0.15, 0.2) is 0 Å². The van der Waals surface area contributed by atoms with Crippen molar-refractivity contribution in [1.29, 1.82) is 0 Å². The van der Waals surface area contributed by atoms with Crippen molar-refractivity contribution >= 4 is 23.7 Å². The largest absolute Gasteiger partial charge is 1.00 e. The first-order valence-electron chi connectivity index (χ1n) is 2.10. The molecule has 0 atom stereocenters. The van der Waals surface area contributed by atoms with E-state index in [4.69, 9.17) is 0 Å². The van der Waals surface area contributed by atoms with Gasteiger partial charge in [0.25, 0.3) is 0 Å². The number of carbonyl (C=O) groups is 2. The fourth-order valence-electron chi connectivity index (χ4n) is 0.218. The van der Waals surface area contributed by atoms with E-state index in [-0.39, 0.29) is 109 Å².